The second kappa shape index (κ2) is 12.6. The summed E-state index contributed by atoms with van der Waals surface area (Å²) in [6.07, 6.45) is 2.38. The third kappa shape index (κ3) is 7.01. The smallest absolute Gasteiger partial charge is 0.353 e. The van der Waals surface area contributed by atoms with Crippen LogP contribution in [0.3, 0.4) is 0 Å². The van der Waals surface area contributed by atoms with Gasteiger partial charge in [0.1, 0.15) is 18.1 Å². The Labute approximate surface area is 208 Å². The fraction of sp³-hybridized carbons (Fsp3) is 0.500. The molecule has 0 amide bonds. The van der Waals surface area contributed by atoms with Crippen LogP contribution in [0.15, 0.2) is 29.4 Å². The predicted octanol–water partition coefficient (Wildman–Crippen LogP) is 3.11. The molecule has 0 spiro atoms. The molecular weight excluding hydrogens is 476 g/mol. The Morgan fingerprint density at radius 1 is 1.31 bits per heavy atom. The van der Waals surface area contributed by atoms with Gasteiger partial charge in [0.2, 0.25) is 16.8 Å². The minimum absolute atomic E-state index is 0.00575. The lowest BCUT2D eigenvalue weighted by atomic mass is 10.1. The van der Waals surface area contributed by atoms with Crippen molar-refractivity contribution in [1.82, 2.24) is 14.9 Å². The molecule has 1 aromatic heterocycles. The highest BCUT2D eigenvalue weighted by molar-refractivity contribution is 7.94. The summed E-state index contributed by atoms with van der Waals surface area (Å²) in [7, 11) is 1.30. The zero-order valence-corrected chi connectivity index (χ0v) is 20.8. The van der Waals surface area contributed by atoms with E-state index >= 15 is 0 Å². The normalized spacial score (nSPS) is 14.6. The molecule has 1 aromatic carbocycles. The lowest BCUT2D eigenvalue weighted by Gasteiger charge is -2.29. The number of aromatic nitrogens is 2. The zero-order valence-electron chi connectivity index (χ0n) is 20.0. The SMILES string of the molecule is CCOC(=O)C(C)N(Cc1cccc(CN2CCCC2)c1)c1nc(SOOC)nc(N)c1[N+](=O)[O-]. The summed E-state index contributed by atoms with van der Waals surface area (Å²) < 4.78 is 10.0. The number of hydrogen-bond acceptors (Lipinski definition) is 12. The zero-order chi connectivity index (χ0) is 25.4. The Hall–Kier alpha value is -3.00. The van der Waals surface area contributed by atoms with Crippen molar-refractivity contribution in [2.45, 2.75) is 51.0 Å². The molecule has 0 bridgehead atoms. The second-order valence-electron chi connectivity index (χ2n) is 8.00. The van der Waals surface area contributed by atoms with Crippen LogP contribution >= 0.6 is 12.0 Å². The van der Waals surface area contributed by atoms with Crippen molar-refractivity contribution in [1.29, 1.82) is 0 Å². The van der Waals surface area contributed by atoms with Gasteiger partial charge in [0.05, 0.1) is 18.6 Å². The van der Waals surface area contributed by atoms with Crippen molar-refractivity contribution in [2.75, 3.05) is 37.4 Å². The topological polar surface area (TPSA) is 146 Å². The molecular formula is C22H30N6O6S. The highest BCUT2D eigenvalue weighted by Crippen LogP contribution is 2.35. The lowest BCUT2D eigenvalue weighted by Crippen LogP contribution is -2.41. The van der Waals surface area contributed by atoms with Crippen LogP contribution in [-0.4, -0.2) is 58.6 Å². The number of esters is 1. The van der Waals surface area contributed by atoms with Gasteiger partial charge in [-0.2, -0.15) is 14.3 Å². The van der Waals surface area contributed by atoms with Crippen LogP contribution in [0.1, 0.15) is 37.8 Å². The largest absolute Gasteiger partial charge is 0.464 e. The molecule has 3 rings (SSSR count). The maximum absolute atomic E-state index is 12.7. The summed E-state index contributed by atoms with van der Waals surface area (Å²) in [5, 5.41) is 11.9. The van der Waals surface area contributed by atoms with Gasteiger partial charge in [0, 0.05) is 13.1 Å². The molecule has 1 aliphatic heterocycles. The summed E-state index contributed by atoms with van der Waals surface area (Å²) in [6, 6.07) is 7.01. The van der Waals surface area contributed by atoms with E-state index in [0.717, 1.165) is 30.8 Å². The first-order chi connectivity index (χ1) is 16.8. The van der Waals surface area contributed by atoms with Crippen molar-refractivity contribution in [2.24, 2.45) is 0 Å². The molecule has 35 heavy (non-hydrogen) atoms. The molecule has 2 heterocycles. The van der Waals surface area contributed by atoms with Crippen LogP contribution in [0, 0.1) is 10.1 Å². The van der Waals surface area contributed by atoms with E-state index in [1.54, 1.807) is 13.8 Å². The first-order valence-corrected chi connectivity index (χ1v) is 12.0. The highest BCUT2D eigenvalue weighted by Gasteiger charge is 2.33. The Kier molecular flexibility index (Phi) is 9.60. The molecule has 13 heteroatoms. The van der Waals surface area contributed by atoms with E-state index in [-0.39, 0.29) is 29.9 Å². The molecule has 1 unspecified atom stereocenters. The van der Waals surface area contributed by atoms with Crippen LogP contribution < -0.4 is 10.6 Å². The van der Waals surface area contributed by atoms with Gasteiger partial charge in [-0.1, -0.05) is 24.3 Å². The quantitative estimate of drug-likeness (QED) is 0.113. The number of nitrogens with zero attached hydrogens (tertiary/aromatic N) is 5. The predicted molar refractivity (Wildman–Crippen MR) is 130 cm³/mol. The third-order valence-electron chi connectivity index (χ3n) is 5.55. The van der Waals surface area contributed by atoms with E-state index in [2.05, 4.69) is 19.8 Å². The molecule has 190 valence electrons. The van der Waals surface area contributed by atoms with Gasteiger partial charge in [-0.25, -0.2) is 9.68 Å². The Morgan fingerprint density at radius 2 is 2.03 bits per heavy atom. The molecule has 1 saturated heterocycles. The minimum atomic E-state index is -0.897. The number of ether oxygens (including phenoxy) is 1. The van der Waals surface area contributed by atoms with Crippen molar-refractivity contribution in [3.8, 4) is 0 Å². The van der Waals surface area contributed by atoms with Crippen molar-refractivity contribution in [3.05, 3.63) is 45.5 Å². The van der Waals surface area contributed by atoms with Gasteiger partial charge < -0.3 is 15.4 Å². The molecule has 1 aliphatic rings. The average Bonchev–Trinajstić information content (AvgIpc) is 3.33. The molecule has 2 N–H and O–H groups in total. The van der Waals surface area contributed by atoms with Crippen LogP contribution in [0.4, 0.5) is 17.3 Å². The van der Waals surface area contributed by atoms with Gasteiger partial charge in [0.15, 0.2) is 0 Å². The minimum Gasteiger partial charge on any atom is -0.464 e. The summed E-state index contributed by atoms with van der Waals surface area (Å²) in [5.41, 5.74) is 7.40. The average molecular weight is 507 g/mol. The Balaban J connectivity index is 2.01. The van der Waals surface area contributed by atoms with Crippen LogP contribution in [0.25, 0.3) is 0 Å². The first kappa shape index (κ1) is 26.6. The molecule has 2 aromatic rings. The van der Waals surface area contributed by atoms with E-state index < -0.39 is 22.6 Å². The van der Waals surface area contributed by atoms with E-state index in [1.807, 2.05) is 24.3 Å². The van der Waals surface area contributed by atoms with Crippen molar-refractivity contribution in [3.63, 3.8) is 0 Å². The molecule has 1 atom stereocenters. The maximum atomic E-state index is 12.7. The van der Waals surface area contributed by atoms with Gasteiger partial charge in [-0.05, 0) is 50.9 Å². The van der Waals surface area contributed by atoms with Crippen molar-refractivity contribution < 1.29 is 23.7 Å². The number of rotatable bonds is 12. The number of nitrogens with two attached hydrogens (primary N) is 1. The Morgan fingerprint density at radius 3 is 2.69 bits per heavy atom. The Bertz CT molecular complexity index is 1040. The van der Waals surface area contributed by atoms with E-state index in [0.29, 0.717) is 12.0 Å². The molecule has 0 saturated carbocycles. The van der Waals surface area contributed by atoms with E-state index in [4.69, 9.17) is 14.8 Å². The number of nitro groups is 1. The molecule has 12 nitrogen and oxygen atoms in total. The number of carbonyl (C=O) groups is 1. The van der Waals surface area contributed by atoms with Crippen LogP contribution in [-0.2, 0) is 31.8 Å². The van der Waals surface area contributed by atoms with E-state index in [9.17, 15) is 14.9 Å². The number of carbonyl (C=O) groups excluding carboxylic acids is 1. The number of likely N-dealkylation sites (tertiary alicyclic amines) is 1. The summed E-state index contributed by atoms with van der Waals surface area (Å²) in [4.78, 5) is 40.6. The van der Waals surface area contributed by atoms with Crippen molar-refractivity contribution >= 4 is 35.3 Å². The van der Waals surface area contributed by atoms with E-state index in [1.165, 1.54) is 24.9 Å². The summed E-state index contributed by atoms with van der Waals surface area (Å²) >= 11 is 0.648. The van der Waals surface area contributed by atoms with Crippen LogP contribution in [0.5, 0.6) is 0 Å². The standard InChI is InChI=1S/C22H30N6O6S/c1-4-33-21(29)15(2)27(14-17-9-7-8-16(12-17)13-26-10-5-6-11-26)20-18(28(30)31)19(23)24-22(25-20)35-34-32-3/h7-9,12,15H,4-6,10-11,13-14H2,1-3H3,(H2,23,24,25). The molecule has 1 fully saturated rings. The molecule has 0 aliphatic carbocycles. The number of anilines is 2. The number of benzene rings is 1. The monoisotopic (exact) mass is 506 g/mol. The fourth-order valence-corrected chi connectivity index (χ4v) is 4.31. The van der Waals surface area contributed by atoms with Gasteiger partial charge in [-0.3, -0.25) is 15.0 Å². The van der Waals surface area contributed by atoms with Gasteiger partial charge in [0.25, 0.3) is 0 Å². The third-order valence-corrected chi connectivity index (χ3v) is 6.08. The van der Waals surface area contributed by atoms with Gasteiger partial charge >= 0.3 is 11.7 Å². The second-order valence-corrected chi connectivity index (χ2v) is 8.67. The van der Waals surface area contributed by atoms with Crippen LogP contribution in [0.2, 0.25) is 0 Å². The number of hydrogen-bond donors (Lipinski definition) is 1. The first-order valence-electron chi connectivity index (χ1n) is 11.3. The highest BCUT2D eigenvalue weighted by atomic mass is 32.2. The molecule has 0 radical (unpaired) electrons. The summed E-state index contributed by atoms with van der Waals surface area (Å²) in [5.74, 6) is -1.02. The summed E-state index contributed by atoms with van der Waals surface area (Å²) in [6.45, 7) is 6.56. The number of nitrogen functional groups attached to an aromatic ring is 1. The maximum Gasteiger partial charge on any atom is 0.353 e. The van der Waals surface area contributed by atoms with Gasteiger partial charge in [-0.15, -0.1) is 0 Å². The fourth-order valence-electron chi connectivity index (χ4n) is 3.92. The lowest BCUT2D eigenvalue weighted by molar-refractivity contribution is -0.383.